The third kappa shape index (κ3) is 5.50. The van der Waals surface area contributed by atoms with Crippen LogP contribution in [0.15, 0.2) is 0 Å². The van der Waals surface area contributed by atoms with Gasteiger partial charge in [-0.25, -0.2) is 0 Å². The molecule has 0 N–H and O–H groups in total. The molecule has 0 amide bonds. The number of alkyl halides is 1. The number of ether oxygens (including phenoxy) is 2. The van der Waals surface area contributed by atoms with E-state index >= 15 is 0 Å². The fraction of sp³-hybridized carbons (Fsp3) is 0.905. The minimum atomic E-state index is -2.01. The van der Waals surface area contributed by atoms with Gasteiger partial charge in [-0.15, -0.1) is 0 Å². The first kappa shape index (κ1) is 24.1. The van der Waals surface area contributed by atoms with Crippen LogP contribution in [0.25, 0.3) is 0 Å². The van der Waals surface area contributed by atoms with Crippen LogP contribution >= 0.6 is 22.6 Å². The predicted molar refractivity (Wildman–Crippen MR) is 121 cm³/mol. The number of esters is 2. The van der Waals surface area contributed by atoms with Gasteiger partial charge in [0.05, 0.1) is 18.9 Å². The zero-order valence-corrected chi connectivity index (χ0v) is 21.8. The second-order valence-electron chi connectivity index (χ2n) is 10.9. The van der Waals surface area contributed by atoms with Gasteiger partial charge in [-0.3, -0.25) is 9.59 Å². The summed E-state index contributed by atoms with van der Waals surface area (Å²) in [6, 6.07) is 0. The fourth-order valence-electron chi connectivity index (χ4n) is 3.76. The van der Waals surface area contributed by atoms with E-state index in [2.05, 4.69) is 56.5 Å². The van der Waals surface area contributed by atoms with Gasteiger partial charge in [0.25, 0.3) is 0 Å². The number of fused-ring (bicyclic) bond motifs is 2. The van der Waals surface area contributed by atoms with Crippen LogP contribution in [0.4, 0.5) is 0 Å². The molecular formula is C21H37IO5Si. The zero-order chi connectivity index (χ0) is 21.5. The zero-order valence-electron chi connectivity index (χ0n) is 18.7. The first-order chi connectivity index (χ1) is 12.6. The Hall–Kier alpha value is -0.153. The summed E-state index contributed by atoms with van der Waals surface area (Å²) in [5, 5.41) is 0.0702. The third-order valence-corrected chi connectivity index (χ3v) is 12.4. The lowest BCUT2D eigenvalue weighted by Gasteiger charge is -2.42. The summed E-state index contributed by atoms with van der Waals surface area (Å²) in [6.45, 7) is 17.0. The molecule has 162 valence electrons. The normalized spacial score (nSPS) is 31.3. The third-order valence-electron chi connectivity index (χ3n) is 6.42. The Morgan fingerprint density at radius 1 is 1.21 bits per heavy atom. The van der Waals surface area contributed by atoms with Gasteiger partial charge in [0.2, 0.25) is 0 Å². The second kappa shape index (κ2) is 8.17. The highest BCUT2D eigenvalue weighted by atomic mass is 127. The van der Waals surface area contributed by atoms with Crippen molar-refractivity contribution in [3.05, 3.63) is 0 Å². The molecule has 0 aromatic rings. The molecule has 2 aliphatic rings. The Morgan fingerprint density at radius 2 is 1.82 bits per heavy atom. The van der Waals surface area contributed by atoms with Gasteiger partial charge in [-0.1, -0.05) is 43.4 Å². The molecule has 0 radical (unpaired) electrons. The van der Waals surface area contributed by atoms with Crippen molar-refractivity contribution in [1.29, 1.82) is 0 Å². The number of rotatable bonds is 5. The first-order valence-corrected chi connectivity index (χ1v) is 14.4. The van der Waals surface area contributed by atoms with Crippen molar-refractivity contribution < 1.29 is 23.5 Å². The molecule has 1 saturated carbocycles. The smallest absolute Gasteiger partial charge is 0.309 e. The highest BCUT2D eigenvalue weighted by molar-refractivity contribution is 14.1. The molecule has 2 fully saturated rings. The standard InChI is InChI=1S/C21H37IO5Si/c1-19(2,3)26-17(23)11-15-16(22)10-9-14-12-21(15,27-18(14)24)13-25-28(7,8)20(4,5)6/h14-16H,9-13H2,1-8H3/t14-,15-,16+,21+/m1/s1. The lowest BCUT2D eigenvalue weighted by molar-refractivity contribution is -0.168. The van der Waals surface area contributed by atoms with Crippen molar-refractivity contribution in [3.8, 4) is 0 Å². The molecule has 2 bridgehead atoms. The molecule has 1 saturated heterocycles. The maximum Gasteiger partial charge on any atom is 0.309 e. The summed E-state index contributed by atoms with van der Waals surface area (Å²) in [5.74, 6) is -0.531. The first-order valence-electron chi connectivity index (χ1n) is 10.3. The van der Waals surface area contributed by atoms with E-state index in [1.54, 1.807) is 0 Å². The second-order valence-corrected chi connectivity index (χ2v) is 17.3. The highest BCUT2D eigenvalue weighted by Crippen LogP contribution is 2.49. The molecule has 1 aliphatic carbocycles. The van der Waals surface area contributed by atoms with Crippen LogP contribution in [0, 0.1) is 11.8 Å². The maximum atomic E-state index is 12.6. The number of hydrogen-bond acceptors (Lipinski definition) is 5. The molecule has 1 heterocycles. The summed E-state index contributed by atoms with van der Waals surface area (Å²) in [4.78, 5) is 25.2. The molecule has 28 heavy (non-hydrogen) atoms. The van der Waals surface area contributed by atoms with Crippen LogP contribution in [0.5, 0.6) is 0 Å². The van der Waals surface area contributed by atoms with Gasteiger partial charge in [0.15, 0.2) is 8.32 Å². The van der Waals surface area contributed by atoms with E-state index in [1.165, 1.54) is 0 Å². The lowest BCUT2D eigenvalue weighted by atomic mass is 9.81. The Morgan fingerprint density at radius 3 is 2.36 bits per heavy atom. The van der Waals surface area contributed by atoms with E-state index in [9.17, 15) is 9.59 Å². The minimum absolute atomic E-state index is 0.0702. The molecule has 0 spiro atoms. The highest BCUT2D eigenvalue weighted by Gasteiger charge is 2.57. The minimum Gasteiger partial charge on any atom is -0.460 e. The van der Waals surface area contributed by atoms with E-state index in [4.69, 9.17) is 13.9 Å². The number of carbonyl (C=O) groups is 2. The molecule has 2 rings (SSSR count). The molecule has 4 atom stereocenters. The van der Waals surface area contributed by atoms with E-state index < -0.39 is 19.5 Å². The van der Waals surface area contributed by atoms with Crippen LogP contribution < -0.4 is 0 Å². The molecule has 0 aromatic carbocycles. The van der Waals surface area contributed by atoms with Crippen molar-refractivity contribution in [2.24, 2.45) is 11.8 Å². The van der Waals surface area contributed by atoms with E-state index in [1.807, 2.05) is 20.8 Å². The van der Waals surface area contributed by atoms with Crippen molar-refractivity contribution in [2.45, 2.75) is 100 Å². The van der Waals surface area contributed by atoms with Gasteiger partial charge in [-0.2, -0.15) is 0 Å². The SMILES string of the molecule is CC(C)(C)OC(=O)C[C@@H]1[C@@H](I)CC[C@@H]2C[C@@]1(CO[Si](C)(C)C(C)(C)C)OC2=O. The summed E-state index contributed by atoms with van der Waals surface area (Å²) < 4.78 is 18.4. The van der Waals surface area contributed by atoms with Gasteiger partial charge >= 0.3 is 11.9 Å². The maximum absolute atomic E-state index is 12.6. The van der Waals surface area contributed by atoms with Crippen LogP contribution in [0.2, 0.25) is 18.1 Å². The summed E-state index contributed by atoms with van der Waals surface area (Å²) in [5.41, 5.74) is -1.25. The topological polar surface area (TPSA) is 61.8 Å². The average molecular weight is 525 g/mol. The molecule has 0 aromatic heterocycles. The number of carbonyl (C=O) groups excluding carboxylic acids is 2. The van der Waals surface area contributed by atoms with Crippen molar-refractivity contribution in [2.75, 3.05) is 6.61 Å². The van der Waals surface area contributed by atoms with E-state index in [0.29, 0.717) is 13.0 Å². The number of halogens is 1. The Bertz CT molecular complexity index is 607. The van der Waals surface area contributed by atoms with Crippen LogP contribution in [-0.4, -0.2) is 42.0 Å². The average Bonchev–Trinajstić information content (AvgIpc) is 2.76. The van der Waals surface area contributed by atoms with Gasteiger partial charge in [-0.05, 0) is 51.7 Å². The Labute approximate surface area is 184 Å². The van der Waals surface area contributed by atoms with Crippen LogP contribution in [-0.2, 0) is 23.5 Å². The molecule has 7 heteroatoms. The van der Waals surface area contributed by atoms with Crippen LogP contribution in [0.1, 0.15) is 67.2 Å². The van der Waals surface area contributed by atoms with Gasteiger partial charge in [0.1, 0.15) is 11.2 Å². The molecular weight excluding hydrogens is 487 g/mol. The Balaban J connectivity index is 2.28. The molecule has 0 unspecified atom stereocenters. The van der Waals surface area contributed by atoms with Crippen molar-refractivity contribution in [1.82, 2.24) is 0 Å². The molecule has 1 aliphatic heterocycles. The number of hydrogen-bond donors (Lipinski definition) is 0. The lowest BCUT2D eigenvalue weighted by Crippen LogP contribution is -2.51. The van der Waals surface area contributed by atoms with Crippen LogP contribution in [0.3, 0.4) is 0 Å². The van der Waals surface area contributed by atoms with E-state index in [-0.39, 0.29) is 39.2 Å². The fourth-order valence-corrected chi connectivity index (χ4v) is 6.06. The summed E-state index contributed by atoms with van der Waals surface area (Å²) >= 11 is 2.42. The quantitative estimate of drug-likeness (QED) is 0.213. The van der Waals surface area contributed by atoms with Gasteiger partial charge in [0, 0.05) is 16.3 Å². The van der Waals surface area contributed by atoms with Crippen molar-refractivity contribution in [3.63, 3.8) is 0 Å². The Kier molecular flexibility index (Phi) is 7.04. The summed E-state index contributed by atoms with van der Waals surface area (Å²) in [7, 11) is -2.01. The largest absolute Gasteiger partial charge is 0.460 e. The predicted octanol–water partition coefficient (Wildman–Crippen LogP) is 5.26. The summed E-state index contributed by atoms with van der Waals surface area (Å²) in [6.07, 6.45) is 2.63. The molecule has 5 nitrogen and oxygen atoms in total. The van der Waals surface area contributed by atoms with Gasteiger partial charge < -0.3 is 13.9 Å². The van der Waals surface area contributed by atoms with E-state index in [0.717, 1.165) is 12.8 Å². The van der Waals surface area contributed by atoms with Crippen molar-refractivity contribution >= 4 is 42.8 Å². The monoisotopic (exact) mass is 524 g/mol.